The Labute approximate surface area is 166 Å². The van der Waals surface area contributed by atoms with E-state index < -0.39 is 0 Å². The number of ketones is 1. The molecule has 0 spiro atoms. The average molecular weight is 389 g/mol. The smallest absolute Gasteiger partial charge is 0.208 e. The first kappa shape index (κ1) is 17.1. The van der Waals surface area contributed by atoms with E-state index >= 15 is 0 Å². The van der Waals surface area contributed by atoms with Crippen molar-refractivity contribution in [1.29, 1.82) is 0 Å². The minimum atomic E-state index is -0.0482. The van der Waals surface area contributed by atoms with Gasteiger partial charge in [-0.1, -0.05) is 18.2 Å². The molecule has 0 atom stereocenters. The molecule has 1 saturated carbocycles. The highest BCUT2D eigenvalue weighted by molar-refractivity contribution is 7.12. The van der Waals surface area contributed by atoms with E-state index in [2.05, 4.69) is 10.1 Å². The molecule has 5 rings (SSSR count). The van der Waals surface area contributed by atoms with Crippen molar-refractivity contribution in [1.82, 2.24) is 14.6 Å². The molecule has 0 bridgehead atoms. The molecule has 1 fully saturated rings. The molecule has 0 radical (unpaired) electrons. The summed E-state index contributed by atoms with van der Waals surface area (Å²) in [4.78, 5) is 17.9. The van der Waals surface area contributed by atoms with Gasteiger partial charge in [0.1, 0.15) is 5.75 Å². The van der Waals surface area contributed by atoms with Crippen LogP contribution in [-0.2, 0) is 0 Å². The van der Waals surface area contributed by atoms with Crippen LogP contribution >= 0.6 is 11.3 Å². The van der Waals surface area contributed by atoms with Gasteiger partial charge in [-0.3, -0.25) is 4.79 Å². The van der Waals surface area contributed by atoms with E-state index in [1.54, 1.807) is 16.9 Å². The number of carbonyl (C=O) groups is 1. The van der Waals surface area contributed by atoms with Crippen LogP contribution in [-0.4, -0.2) is 26.5 Å². The summed E-state index contributed by atoms with van der Waals surface area (Å²) in [7, 11) is 0. The Bertz CT molecular complexity index is 1130. The molecule has 0 aliphatic heterocycles. The molecule has 0 saturated heterocycles. The molecule has 140 valence electrons. The molecule has 0 N–H and O–H groups in total. The van der Waals surface area contributed by atoms with Crippen LogP contribution in [0.4, 0.5) is 0 Å². The molecule has 1 aromatic carbocycles. The van der Waals surface area contributed by atoms with Crippen LogP contribution in [0.15, 0.2) is 60.2 Å². The van der Waals surface area contributed by atoms with E-state index in [-0.39, 0.29) is 5.78 Å². The SMILES string of the molecule is O=C(c1cccs1)c1cnn2c(-c3cccc(OC4CCCC4)c3)ccnc12. The molecule has 5 nitrogen and oxygen atoms in total. The van der Waals surface area contributed by atoms with E-state index in [4.69, 9.17) is 4.74 Å². The van der Waals surface area contributed by atoms with Crippen LogP contribution in [0.3, 0.4) is 0 Å². The molecule has 3 heterocycles. The normalized spacial score (nSPS) is 14.6. The summed E-state index contributed by atoms with van der Waals surface area (Å²) in [6, 6.07) is 13.7. The monoisotopic (exact) mass is 389 g/mol. The van der Waals surface area contributed by atoms with Crippen molar-refractivity contribution in [3.63, 3.8) is 0 Å². The first-order chi connectivity index (χ1) is 13.8. The van der Waals surface area contributed by atoms with Crippen LogP contribution < -0.4 is 4.74 Å². The van der Waals surface area contributed by atoms with Crippen molar-refractivity contribution in [2.75, 3.05) is 0 Å². The fraction of sp³-hybridized carbons (Fsp3) is 0.227. The predicted octanol–water partition coefficient (Wildman–Crippen LogP) is 5.01. The minimum absolute atomic E-state index is 0.0482. The molecule has 6 heteroatoms. The van der Waals surface area contributed by atoms with Gasteiger partial charge in [0.25, 0.3) is 0 Å². The Hall–Kier alpha value is -2.99. The zero-order valence-electron chi connectivity index (χ0n) is 15.2. The molecule has 4 aromatic rings. The van der Waals surface area contributed by atoms with Crippen LogP contribution in [0.2, 0.25) is 0 Å². The molecular formula is C22H19N3O2S. The second-order valence-electron chi connectivity index (χ2n) is 6.98. The van der Waals surface area contributed by atoms with Gasteiger partial charge in [-0.05, 0) is 55.3 Å². The van der Waals surface area contributed by atoms with Gasteiger partial charge in [-0.15, -0.1) is 11.3 Å². The number of fused-ring (bicyclic) bond motifs is 1. The highest BCUT2D eigenvalue weighted by Crippen LogP contribution is 2.29. The Morgan fingerprint density at radius 3 is 2.86 bits per heavy atom. The molecule has 1 aliphatic carbocycles. The summed E-state index contributed by atoms with van der Waals surface area (Å²) in [5.41, 5.74) is 2.95. The van der Waals surface area contributed by atoms with E-state index in [0.717, 1.165) is 29.8 Å². The fourth-order valence-corrected chi connectivity index (χ4v) is 4.42. The molecule has 1 aliphatic rings. The van der Waals surface area contributed by atoms with Crippen molar-refractivity contribution >= 4 is 22.8 Å². The van der Waals surface area contributed by atoms with E-state index in [1.807, 2.05) is 47.8 Å². The minimum Gasteiger partial charge on any atom is -0.490 e. The lowest BCUT2D eigenvalue weighted by atomic mass is 10.1. The van der Waals surface area contributed by atoms with Crippen LogP contribution in [0.1, 0.15) is 40.9 Å². The highest BCUT2D eigenvalue weighted by Gasteiger charge is 2.19. The van der Waals surface area contributed by atoms with Crippen molar-refractivity contribution in [2.24, 2.45) is 0 Å². The number of nitrogens with zero attached hydrogens (tertiary/aromatic N) is 3. The van der Waals surface area contributed by atoms with E-state index in [1.165, 1.54) is 24.2 Å². The van der Waals surface area contributed by atoms with Crippen molar-refractivity contribution < 1.29 is 9.53 Å². The molecule has 28 heavy (non-hydrogen) atoms. The second kappa shape index (κ2) is 7.20. The van der Waals surface area contributed by atoms with Crippen LogP contribution in [0.25, 0.3) is 16.9 Å². The summed E-state index contributed by atoms with van der Waals surface area (Å²) >= 11 is 1.42. The van der Waals surface area contributed by atoms with Crippen molar-refractivity contribution in [2.45, 2.75) is 31.8 Å². The number of aromatic nitrogens is 3. The number of carbonyl (C=O) groups excluding carboxylic acids is 1. The first-order valence-corrected chi connectivity index (χ1v) is 10.4. The number of hydrogen-bond donors (Lipinski definition) is 0. The van der Waals surface area contributed by atoms with Gasteiger partial charge in [-0.2, -0.15) is 5.10 Å². The van der Waals surface area contributed by atoms with Crippen LogP contribution in [0.5, 0.6) is 5.75 Å². The van der Waals surface area contributed by atoms with Crippen LogP contribution in [0, 0.1) is 0 Å². The van der Waals surface area contributed by atoms with Gasteiger partial charge < -0.3 is 4.74 Å². The largest absolute Gasteiger partial charge is 0.490 e. The Morgan fingerprint density at radius 2 is 2.04 bits per heavy atom. The maximum Gasteiger partial charge on any atom is 0.208 e. The standard InChI is InChI=1S/C22H19N3O2S/c26-21(20-9-4-12-28-20)18-14-24-25-19(10-11-23-22(18)25)15-5-3-8-17(13-15)27-16-6-1-2-7-16/h3-5,8-14,16H,1-2,6-7H2. The first-order valence-electron chi connectivity index (χ1n) is 9.47. The number of ether oxygens (including phenoxy) is 1. The van der Waals surface area contributed by atoms with Gasteiger partial charge in [0.05, 0.1) is 28.4 Å². The summed E-state index contributed by atoms with van der Waals surface area (Å²) < 4.78 is 7.88. The average Bonchev–Trinajstić information content (AvgIpc) is 3.48. The number of rotatable bonds is 5. The predicted molar refractivity (Wildman–Crippen MR) is 109 cm³/mol. The summed E-state index contributed by atoms with van der Waals surface area (Å²) in [6.45, 7) is 0. The maximum absolute atomic E-state index is 12.8. The third-order valence-electron chi connectivity index (χ3n) is 5.13. The number of benzene rings is 1. The molecular weight excluding hydrogens is 370 g/mol. The zero-order valence-corrected chi connectivity index (χ0v) is 16.1. The third-order valence-corrected chi connectivity index (χ3v) is 5.99. The maximum atomic E-state index is 12.8. The molecule has 3 aromatic heterocycles. The number of hydrogen-bond acceptors (Lipinski definition) is 5. The second-order valence-corrected chi connectivity index (χ2v) is 7.93. The third kappa shape index (κ3) is 3.10. The molecule has 0 unspecified atom stereocenters. The lowest BCUT2D eigenvalue weighted by Gasteiger charge is -2.14. The van der Waals surface area contributed by atoms with E-state index in [9.17, 15) is 4.79 Å². The van der Waals surface area contributed by atoms with Gasteiger partial charge >= 0.3 is 0 Å². The Kier molecular flexibility index (Phi) is 4.41. The van der Waals surface area contributed by atoms with Crippen molar-refractivity contribution in [3.8, 4) is 17.0 Å². The van der Waals surface area contributed by atoms with Crippen molar-refractivity contribution in [3.05, 3.63) is 70.7 Å². The zero-order chi connectivity index (χ0) is 18.9. The van der Waals surface area contributed by atoms with Gasteiger partial charge in [0.2, 0.25) is 5.78 Å². The summed E-state index contributed by atoms with van der Waals surface area (Å²) in [6.07, 6.45) is 8.36. The summed E-state index contributed by atoms with van der Waals surface area (Å²) in [5, 5.41) is 6.35. The fourth-order valence-electron chi connectivity index (χ4n) is 3.74. The topological polar surface area (TPSA) is 56.5 Å². The summed E-state index contributed by atoms with van der Waals surface area (Å²) in [5.74, 6) is 0.823. The van der Waals surface area contributed by atoms with E-state index in [0.29, 0.717) is 22.2 Å². The Morgan fingerprint density at radius 1 is 1.14 bits per heavy atom. The van der Waals surface area contributed by atoms with Gasteiger partial charge in [-0.25, -0.2) is 9.50 Å². The lowest BCUT2D eigenvalue weighted by Crippen LogP contribution is -2.10. The molecule has 0 amide bonds. The van der Waals surface area contributed by atoms with Gasteiger partial charge in [0, 0.05) is 11.8 Å². The number of thiophene rings is 1. The quantitative estimate of drug-likeness (QED) is 0.450. The highest BCUT2D eigenvalue weighted by atomic mass is 32.1. The Balaban J connectivity index is 1.52. The lowest BCUT2D eigenvalue weighted by molar-refractivity contribution is 0.104. The van der Waals surface area contributed by atoms with Gasteiger partial charge in [0.15, 0.2) is 5.65 Å².